The predicted molar refractivity (Wildman–Crippen MR) is 145 cm³/mol. The SMILES string of the molecule is CCN(CC(=O)N1CCc2sccc2[C@H]1COc1ccccc1OC)C[C@@H](O)COCc1ccccc1. The fraction of sp³-hybridized carbons (Fsp3) is 0.414. The molecule has 1 aliphatic heterocycles. The number of ether oxygens (including phenoxy) is 3. The highest BCUT2D eigenvalue weighted by atomic mass is 32.1. The van der Waals surface area contributed by atoms with Crippen molar-refractivity contribution < 1.29 is 24.1 Å². The number of para-hydroxylation sites is 2. The average molecular weight is 525 g/mol. The molecule has 0 bridgehead atoms. The topological polar surface area (TPSA) is 71.5 Å². The Morgan fingerprint density at radius 1 is 1.14 bits per heavy atom. The minimum Gasteiger partial charge on any atom is -0.493 e. The highest BCUT2D eigenvalue weighted by molar-refractivity contribution is 7.10. The monoisotopic (exact) mass is 524 g/mol. The number of carbonyl (C=O) groups excluding carboxylic acids is 1. The Morgan fingerprint density at radius 2 is 1.89 bits per heavy atom. The summed E-state index contributed by atoms with van der Waals surface area (Å²) < 4.78 is 17.3. The third-order valence-corrected chi connectivity index (χ3v) is 7.57. The minimum atomic E-state index is -0.675. The van der Waals surface area contributed by atoms with Gasteiger partial charge in [-0.3, -0.25) is 9.69 Å². The van der Waals surface area contributed by atoms with Gasteiger partial charge in [0.05, 0.1) is 39.0 Å². The highest BCUT2D eigenvalue weighted by Crippen LogP contribution is 2.35. The van der Waals surface area contributed by atoms with Gasteiger partial charge in [0.25, 0.3) is 0 Å². The summed E-state index contributed by atoms with van der Waals surface area (Å²) in [5.74, 6) is 1.36. The minimum absolute atomic E-state index is 0.0322. The largest absolute Gasteiger partial charge is 0.493 e. The summed E-state index contributed by atoms with van der Waals surface area (Å²) in [5, 5.41) is 12.6. The van der Waals surface area contributed by atoms with Crippen LogP contribution < -0.4 is 9.47 Å². The third kappa shape index (κ3) is 7.32. The van der Waals surface area contributed by atoms with E-state index in [1.807, 2.05) is 71.3 Å². The van der Waals surface area contributed by atoms with Crippen molar-refractivity contribution in [1.82, 2.24) is 9.80 Å². The molecule has 2 aromatic carbocycles. The summed E-state index contributed by atoms with van der Waals surface area (Å²) in [6.45, 7) is 4.92. The molecule has 1 amide bonds. The molecule has 1 aliphatic rings. The normalized spacial score (nSPS) is 15.9. The van der Waals surface area contributed by atoms with Gasteiger partial charge in [-0.2, -0.15) is 0 Å². The average Bonchev–Trinajstić information content (AvgIpc) is 3.41. The second-order valence-electron chi connectivity index (χ2n) is 9.10. The van der Waals surface area contributed by atoms with Crippen LogP contribution in [0.25, 0.3) is 0 Å². The quantitative estimate of drug-likeness (QED) is 0.362. The number of benzene rings is 2. The number of thiophene rings is 1. The second-order valence-corrected chi connectivity index (χ2v) is 10.1. The van der Waals surface area contributed by atoms with Crippen LogP contribution in [0.1, 0.15) is 29.0 Å². The van der Waals surface area contributed by atoms with Crippen molar-refractivity contribution in [2.24, 2.45) is 0 Å². The Labute approximate surface area is 223 Å². The van der Waals surface area contributed by atoms with E-state index >= 15 is 0 Å². The lowest BCUT2D eigenvalue weighted by atomic mass is 10.0. The molecule has 7 nitrogen and oxygen atoms in total. The molecule has 1 aromatic heterocycles. The molecule has 2 atom stereocenters. The molecular weight excluding hydrogens is 488 g/mol. The standard InChI is InChI=1S/C29H36N2O5S/c1-3-30(17-23(32)20-35-19-22-9-5-4-6-10-22)18-29(33)31-15-13-28-24(14-16-37-28)25(31)21-36-27-12-8-7-11-26(27)34-2/h4-12,14,16,23,25,32H,3,13,15,17-21H2,1-2H3/t23-,25-/m1/s1. The Morgan fingerprint density at radius 3 is 2.65 bits per heavy atom. The molecule has 4 rings (SSSR count). The van der Waals surface area contributed by atoms with E-state index in [0.29, 0.717) is 44.3 Å². The number of aliphatic hydroxyl groups is 1. The summed E-state index contributed by atoms with van der Waals surface area (Å²) in [5.41, 5.74) is 2.22. The van der Waals surface area contributed by atoms with Crippen molar-refractivity contribution in [3.05, 3.63) is 82.0 Å². The van der Waals surface area contributed by atoms with E-state index < -0.39 is 6.10 Å². The van der Waals surface area contributed by atoms with Gasteiger partial charge < -0.3 is 24.2 Å². The number of carbonyl (C=O) groups is 1. The fourth-order valence-electron chi connectivity index (χ4n) is 4.61. The van der Waals surface area contributed by atoms with Crippen LogP contribution in [0.15, 0.2) is 66.0 Å². The lowest BCUT2D eigenvalue weighted by Crippen LogP contribution is -2.48. The number of nitrogens with zero attached hydrogens (tertiary/aromatic N) is 2. The number of rotatable bonds is 13. The number of amides is 1. The van der Waals surface area contributed by atoms with E-state index in [1.54, 1.807) is 18.4 Å². The van der Waals surface area contributed by atoms with Crippen LogP contribution in [0.2, 0.25) is 0 Å². The lowest BCUT2D eigenvalue weighted by molar-refractivity contribution is -0.136. The van der Waals surface area contributed by atoms with Crippen molar-refractivity contribution in [2.75, 3.05) is 46.5 Å². The summed E-state index contributed by atoms with van der Waals surface area (Å²) in [6, 6.07) is 19.4. The number of hydrogen-bond acceptors (Lipinski definition) is 7. The predicted octanol–water partition coefficient (Wildman–Crippen LogP) is 4.16. The van der Waals surface area contributed by atoms with Gasteiger partial charge in [-0.05, 0) is 47.7 Å². The molecule has 2 heterocycles. The number of methoxy groups -OCH3 is 1. The van der Waals surface area contributed by atoms with Gasteiger partial charge in [0, 0.05) is 18.0 Å². The maximum Gasteiger partial charge on any atom is 0.237 e. The lowest BCUT2D eigenvalue weighted by Gasteiger charge is -2.37. The molecular formula is C29H36N2O5S. The van der Waals surface area contributed by atoms with E-state index in [4.69, 9.17) is 14.2 Å². The maximum atomic E-state index is 13.5. The molecule has 0 aliphatic carbocycles. The molecule has 0 saturated carbocycles. The van der Waals surface area contributed by atoms with Crippen molar-refractivity contribution >= 4 is 17.2 Å². The maximum absolute atomic E-state index is 13.5. The van der Waals surface area contributed by atoms with E-state index in [2.05, 4.69) is 11.4 Å². The number of likely N-dealkylation sites (N-methyl/N-ethyl adjacent to an activating group) is 1. The smallest absolute Gasteiger partial charge is 0.237 e. The molecule has 198 valence electrons. The molecule has 0 spiro atoms. The van der Waals surface area contributed by atoms with Crippen LogP contribution in [-0.2, 0) is 22.6 Å². The summed E-state index contributed by atoms with van der Waals surface area (Å²) >= 11 is 1.73. The van der Waals surface area contributed by atoms with Crippen molar-refractivity contribution in [2.45, 2.75) is 32.1 Å². The van der Waals surface area contributed by atoms with Gasteiger partial charge in [-0.25, -0.2) is 0 Å². The Hall–Kier alpha value is -2.91. The van der Waals surface area contributed by atoms with Gasteiger partial charge in [0.15, 0.2) is 11.5 Å². The molecule has 0 saturated heterocycles. The van der Waals surface area contributed by atoms with Gasteiger partial charge >= 0.3 is 0 Å². The first-order valence-corrected chi connectivity index (χ1v) is 13.6. The van der Waals surface area contributed by atoms with Crippen molar-refractivity contribution in [3.63, 3.8) is 0 Å². The zero-order valence-electron chi connectivity index (χ0n) is 21.5. The first-order chi connectivity index (χ1) is 18.1. The molecule has 1 N–H and O–H groups in total. The van der Waals surface area contributed by atoms with Crippen LogP contribution >= 0.6 is 11.3 Å². The van der Waals surface area contributed by atoms with E-state index in [1.165, 1.54) is 4.88 Å². The Balaban J connectivity index is 1.35. The van der Waals surface area contributed by atoms with Crippen LogP contribution in [-0.4, -0.2) is 73.4 Å². The van der Waals surface area contributed by atoms with Gasteiger partial charge in [-0.15, -0.1) is 11.3 Å². The Kier molecular flexibility index (Phi) is 9.96. The zero-order valence-corrected chi connectivity index (χ0v) is 22.4. The summed E-state index contributed by atoms with van der Waals surface area (Å²) in [6.07, 6.45) is 0.164. The van der Waals surface area contributed by atoms with E-state index in [9.17, 15) is 9.90 Å². The second kappa shape index (κ2) is 13.6. The number of hydrogen-bond donors (Lipinski definition) is 1. The number of aliphatic hydroxyl groups excluding tert-OH is 1. The van der Waals surface area contributed by atoms with Crippen LogP contribution in [0.3, 0.4) is 0 Å². The molecule has 3 aromatic rings. The van der Waals surface area contributed by atoms with Crippen LogP contribution in [0.5, 0.6) is 11.5 Å². The Bertz CT molecular complexity index is 1120. The van der Waals surface area contributed by atoms with E-state index in [-0.39, 0.29) is 25.1 Å². The van der Waals surface area contributed by atoms with Gasteiger partial charge in [0.2, 0.25) is 5.91 Å². The van der Waals surface area contributed by atoms with Crippen LogP contribution in [0.4, 0.5) is 0 Å². The zero-order chi connectivity index (χ0) is 26.0. The molecule has 0 radical (unpaired) electrons. The van der Waals surface area contributed by atoms with Crippen molar-refractivity contribution in [1.29, 1.82) is 0 Å². The number of fused-ring (bicyclic) bond motifs is 1. The van der Waals surface area contributed by atoms with Gasteiger partial charge in [0.1, 0.15) is 6.61 Å². The molecule has 37 heavy (non-hydrogen) atoms. The first-order valence-electron chi connectivity index (χ1n) is 12.7. The fourth-order valence-corrected chi connectivity index (χ4v) is 5.53. The first kappa shape index (κ1) is 27.1. The molecule has 0 unspecified atom stereocenters. The van der Waals surface area contributed by atoms with E-state index in [0.717, 1.165) is 17.5 Å². The van der Waals surface area contributed by atoms with Gasteiger partial charge in [-0.1, -0.05) is 49.4 Å². The highest BCUT2D eigenvalue weighted by Gasteiger charge is 2.33. The molecule has 0 fully saturated rings. The third-order valence-electron chi connectivity index (χ3n) is 6.58. The van der Waals surface area contributed by atoms with Crippen molar-refractivity contribution in [3.8, 4) is 11.5 Å². The van der Waals surface area contributed by atoms with Crippen LogP contribution in [0, 0.1) is 0 Å². The summed E-state index contributed by atoms with van der Waals surface area (Å²) in [4.78, 5) is 18.7. The summed E-state index contributed by atoms with van der Waals surface area (Å²) in [7, 11) is 1.62. The molecule has 8 heteroatoms.